The minimum atomic E-state index is 0.673. The molecule has 2 heterocycles. The maximum Gasteiger partial charge on any atom is 0.191 e. The van der Waals surface area contributed by atoms with Crippen LogP contribution in [0.15, 0.2) is 90.7 Å². The smallest absolute Gasteiger partial charge is 0.191 e. The number of imidazole rings is 1. The summed E-state index contributed by atoms with van der Waals surface area (Å²) in [6, 6.07) is 18.6. The highest BCUT2D eigenvalue weighted by molar-refractivity contribution is 5.79. The van der Waals surface area contributed by atoms with Crippen molar-refractivity contribution in [2.45, 2.75) is 13.0 Å². The van der Waals surface area contributed by atoms with E-state index in [1.807, 2.05) is 46.2 Å². The van der Waals surface area contributed by atoms with Gasteiger partial charge in [-0.05, 0) is 41.8 Å². The zero-order valence-corrected chi connectivity index (χ0v) is 16.9. The molecular formula is C23H25N7. The first-order valence-corrected chi connectivity index (χ1v) is 9.93. The standard InChI is InChI=1S/C23H25N7/c1-24-23(27-17-20-5-2-3-6-22(20)29-16-14-25-18-29)26-13-11-19-7-9-21(10-8-19)30-15-4-12-28-30/h2-10,12,14-16,18H,11,13,17H2,1H3,(H2,24,26,27). The van der Waals surface area contributed by atoms with E-state index >= 15 is 0 Å². The van der Waals surface area contributed by atoms with Crippen molar-refractivity contribution in [2.75, 3.05) is 13.6 Å². The number of aliphatic imine (C=N–C) groups is 1. The van der Waals surface area contributed by atoms with Crippen LogP contribution in [0.4, 0.5) is 0 Å². The van der Waals surface area contributed by atoms with Crippen molar-refractivity contribution in [2.24, 2.45) is 4.99 Å². The van der Waals surface area contributed by atoms with Crippen LogP contribution in [0, 0.1) is 0 Å². The van der Waals surface area contributed by atoms with Crippen molar-refractivity contribution < 1.29 is 0 Å². The van der Waals surface area contributed by atoms with Gasteiger partial charge in [0.2, 0.25) is 0 Å². The van der Waals surface area contributed by atoms with E-state index in [1.165, 1.54) is 11.1 Å². The van der Waals surface area contributed by atoms with E-state index in [2.05, 4.69) is 62.1 Å². The summed E-state index contributed by atoms with van der Waals surface area (Å²) in [5.41, 5.74) is 4.60. The zero-order chi connectivity index (χ0) is 20.6. The maximum absolute atomic E-state index is 4.34. The second kappa shape index (κ2) is 9.56. The number of nitrogens with one attached hydrogen (secondary N) is 2. The van der Waals surface area contributed by atoms with Gasteiger partial charge in [0, 0.05) is 44.9 Å². The van der Waals surface area contributed by atoms with Crippen LogP contribution < -0.4 is 10.6 Å². The third-order valence-corrected chi connectivity index (χ3v) is 4.86. The fourth-order valence-electron chi connectivity index (χ4n) is 3.28. The number of benzene rings is 2. The molecule has 30 heavy (non-hydrogen) atoms. The topological polar surface area (TPSA) is 72.1 Å². The van der Waals surface area contributed by atoms with Crippen LogP contribution in [0.2, 0.25) is 0 Å². The van der Waals surface area contributed by atoms with Gasteiger partial charge in [0.25, 0.3) is 0 Å². The summed E-state index contributed by atoms with van der Waals surface area (Å²) in [6.07, 6.45) is 10.2. The summed E-state index contributed by atoms with van der Waals surface area (Å²) < 4.78 is 3.87. The maximum atomic E-state index is 4.34. The third kappa shape index (κ3) is 4.75. The number of rotatable bonds is 7. The predicted octanol–water partition coefficient (Wildman–Crippen LogP) is 2.97. The molecule has 0 aliphatic carbocycles. The molecule has 2 aromatic heterocycles. The molecule has 4 rings (SSSR count). The lowest BCUT2D eigenvalue weighted by atomic mass is 10.1. The Morgan fingerprint density at radius 1 is 0.967 bits per heavy atom. The first-order chi connectivity index (χ1) is 14.8. The molecule has 2 aromatic carbocycles. The molecule has 7 nitrogen and oxygen atoms in total. The molecule has 0 saturated heterocycles. The molecule has 2 N–H and O–H groups in total. The highest BCUT2D eigenvalue weighted by Gasteiger charge is 2.05. The Morgan fingerprint density at radius 2 is 1.83 bits per heavy atom. The van der Waals surface area contributed by atoms with Gasteiger partial charge in [0.05, 0.1) is 17.7 Å². The van der Waals surface area contributed by atoms with Crippen molar-refractivity contribution in [3.8, 4) is 11.4 Å². The molecule has 7 heteroatoms. The third-order valence-electron chi connectivity index (χ3n) is 4.86. The highest BCUT2D eigenvalue weighted by atomic mass is 15.3. The zero-order valence-electron chi connectivity index (χ0n) is 16.9. The lowest BCUT2D eigenvalue weighted by Crippen LogP contribution is -2.38. The Labute approximate surface area is 176 Å². The van der Waals surface area contributed by atoms with Gasteiger partial charge in [-0.2, -0.15) is 5.10 Å². The van der Waals surface area contributed by atoms with Crippen molar-refractivity contribution in [1.29, 1.82) is 0 Å². The number of guanidine groups is 1. The Kier molecular flexibility index (Phi) is 6.19. The van der Waals surface area contributed by atoms with Gasteiger partial charge >= 0.3 is 0 Å². The Morgan fingerprint density at radius 3 is 2.57 bits per heavy atom. The van der Waals surface area contributed by atoms with E-state index in [9.17, 15) is 0 Å². The minimum absolute atomic E-state index is 0.673. The molecular weight excluding hydrogens is 374 g/mol. The molecule has 4 aromatic rings. The van der Waals surface area contributed by atoms with Gasteiger partial charge in [-0.3, -0.25) is 4.99 Å². The second-order valence-electron chi connectivity index (χ2n) is 6.82. The van der Waals surface area contributed by atoms with Crippen LogP contribution in [0.1, 0.15) is 11.1 Å². The second-order valence-corrected chi connectivity index (χ2v) is 6.82. The molecule has 0 bridgehead atoms. The van der Waals surface area contributed by atoms with E-state index in [4.69, 9.17) is 0 Å². The van der Waals surface area contributed by atoms with E-state index < -0.39 is 0 Å². The Bertz CT molecular complexity index is 1070. The van der Waals surface area contributed by atoms with Crippen molar-refractivity contribution in [3.05, 3.63) is 96.8 Å². The fraction of sp³-hybridized carbons (Fsp3) is 0.174. The summed E-state index contributed by atoms with van der Waals surface area (Å²) in [4.78, 5) is 8.48. The number of hydrogen-bond donors (Lipinski definition) is 2. The lowest BCUT2D eigenvalue weighted by molar-refractivity contribution is 0.790. The number of nitrogens with zero attached hydrogens (tertiary/aromatic N) is 5. The minimum Gasteiger partial charge on any atom is -0.356 e. The van der Waals surface area contributed by atoms with Crippen LogP contribution in [-0.2, 0) is 13.0 Å². The molecule has 0 unspecified atom stereocenters. The van der Waals surface area contributed by atoms with Crippen LogP contribution in [0.5, 0.6) is 0 Å². The van der Waals surface area contributed by atoms with E-state index in [1.54, 1.807) is 19.4 Å². The molecule has 0 fully saturated rings. The number of aromatic nitrogens is 4. The molecule has 0 radical (unpaired) electrons. The molecule has 0 aliphatic rings. The van der Waals surface area contributed by atoms with Gasteiger partial charge in [-0.1, -0.05) is 30.3 Å². The SMILES string of the molecule is CN=C(NCCc1ccc(-n2cccn2)cc1)NCc1ccccc1-n1ccnc1. The van der Waals surface area contributed by atoms with Crippen LogP contribution in [0.3, 0.4) is 0 Å². The fourth-order valence-corrected chi connectivity index (χ4v) is 3.28. The average Bonchev–Trinajstić information content (AvgIpc) is 3.51. The van der Waals surface area contributed by atoms with Crippen molar-refractivity contribution in [3.63, 3.8) is 0 Å². The quantitative estimate of drug-likeness (QED) is 0.370. The Balaban J connectivity index is 1.29. The van der Waals surface area contributed by atoms with Gasteiger partial charge in [-0.15, -0.1) is 0 Å². The lowest BCUT2D eigenvalue weighted by Gasteiger charge is -2.14. The van der Waals surface area contributed by atoms with Crippen molar-refractivity contribution in [1.82, 2.24) is 30.0 Å². The monoisotopic (exact) mass is 399 g/mol. The number of hydrogen-bond acceptors (Lipinski definition) is 3. The summed E-state index contributed by atoms with van der Waals surface area (Å²) in [6.45, 7) is 1.47. The first-order valence-electron chi connectivity index (χ1n) is 9.93. The van der Waals surface area contributed by atoms with E-state index in [-0.39, 0.29) is 0 Å². The largest absolute Gasteiger partial charge is 0.356 e. The number of para-hydroxylation sites is 1. The molecule has 0 aliphatic heterocycles. The molecule has 0 atom stereocenters. The molecule has 0 amide bonds. The van der Waals surface area contributed by atoms with Crippen molar-refractivity contribution >= 4 is 5.96 Å². The normalized spacial score (nSPS) is 11.4. The predicted molar refractivity (Wildman–Crippen MR) is 119 cm³/mol. The van der Waals surface area contributed by atoms with Crippen LogP contribution in [-0.4, -0.2) is 38.9 Å². The van der Waals surface area contributed by atoms with Crippen LogP contribution >= 0.6 is 0 Å². The van der Waals surface area contributed by atoms with Gasteiger partial charge < -0.3 is 15.2 Å². The van der Waals surface area contributed by atoms with Gasteiger partial charge in [-0.25, -0.2) is 9.67 Å². The molecule has 0 spiro atoms. The summed E-state index contributed by atoms with van der Waals surface area (Å²) >= 11 is 0. The van der Waals surface area contributed by atoms with Gasteiger partial charge in [0.1, 0.15) is 0 Å². The average molecular weight is 400 g/mol. The van der Waals surface area contributed by atoms with Gasteiger partial charge in [0.15, 0.2) is 5.96 Å². The first kappa shape index (κ1) is 19.4. The summed E-state index contributed by atoms with van der Waals surface area (Å²) in [5, 5.41) is 11.0. The van der Waals surface area contributed by atoms with E-state index in [0.29, 0.717) is 6.54 Å². The van der Waals surface area contributed by atoms with Crippen LogP contribution in [0.25, 0.3) is 11.4 Å². The highest BCUT2D eigenvalue weighted by Crippen LogP contribution is 2.13. The Hall–Kier alpha value is -3.87. The molecule has 0 saturated carbocycles. The van der Waals surface area contributed by atoms with E-state index in [0.717, 1.165) is 30.3 Å². The summed E-state index contributed by atoms with van der Waals surface area (Å²) in [7, 11) is 1.79. The summed E-state index contributed by atoms with van der Waals surface area (Å²) in [5.74, 6) is 0.781. The molecule has 152 valence electrons.